The number of fused-ring (bicyclic) bond motifs is 3. The number of likely N-dealkylation sites (tertiary alicyclic amines) is 1. The van der Waals surface area contributed by atoms with Gasteiger partial charge in [-0.15, -0.1) is 0 Å². The van der Waals surface area contributed by atoms with Crippen molar-refractivity contribution < 1.29 is 19.2 Å². The Labute approximate surface area is 177 Å². The second-order valence-corrected chi connectivity index (χ2v) is 7.99. The molecule has 7 nitrogen and oxygen atoms in total. The SMILES string of the molecule is CN1C(=O)[C@@H]2[C@H](C1=O)[C@H](c1ccccc1)N1C(=S)N(C(=O)c3ccccc3)C(=O)[C@H]21. The predicted molar refractivity (Wildman–Crippen MR) is 110 cm³/mol. The van der Waals surface area contributed by atoms with Gasteiger partial charge in [0, 0.05) is 12.6 Å². The Kier molecular flexibility index (Phi) is 4.08. The van der Waals surface area contributed by atoms with Crippen molar-refractivity contribution in [2.24, 2.45) is 11.8 Å². The molecule has 30 heavy (non-hydrogen) atoms. The number of carbonyl (C=O) groups is 4. The van der Waals surface area contributed by atoms with Crippen LogP contribution < -0.4 is 0 Å². The Balaban J connectivity index is 1.62. The van der Waals surface area contributed by atoms with Crippen molar-refractivity contribution in [1.82, 2.24) is 14.7 Å². The second kappa shape index (κ2) is 6.56. The molecule has 0 saturated carbocycles. The van der Waals surface area contributed by atoms with Crippen molar-refractivity contribution >= 4 is 41.0 Å². The van der Waals surface area contributed by atoms with Crippen molar-refractivity contribution in [1.29, 1.82) is 0 Å². The molecule has 3 aliphatic heterocycles. The molecule has 3 fully saturated rings. The van der Waals surface area contributed by atoms with Crippen molar-refractivity contribution in [3.8, 4) is 0 Å². The monoisotopic (exact) mass is 419 g/mol. The Morgan fingerprint density at radius 1 is 0.800 bits per heavy atom. The Hall–Kier alpha value is -3.39. The molecule has 0 bridgehead atoms. The van der Waals surface area contributed by atoms with E-state index in [0.29, 0.717) is 5.56 Å². The van der Waals surface area contributed by atoms with Crippen molar-refractivity contribution in [3.63, 3.8) is 0 Å². The van der Waals surface area contributed by atoms with Gasteiger partial charge < -0.3 is 4.90 Å². The van der Waals surface area contributed by atoms with E-state index in [9.17, 15) is 19.2 Å². The van der Waals surface area contributed by atoms with Gasteiger partial charge in [-0.2, -0.15) is 0 Å². The molecule has 3 saturated heterocycles. The van der Waals surface area contributed by atoms with E-state index in [4.69, 9.17) is 12.2 Å². The lowest BCUT2D eigenvalue weighted by Gasteiger charge is -2.29. The van der Waals surface area contributed by atoms with Crippen LogP contribution in [0.2, 0.25) is 0 Å². The van der Waals surface area contributed by atoms with Crippen LogP contribution >= 0.6 is 12.2 Å². The van der Waals surface area contributed by atoms with Gasteiger partial charge in [0.15, 0.2) is 5.11 Å². The highest BCUT2D eigenvalue weighted by Crippen LogP contribution is 2.52. The number of benzene rings is 2. The molecule has 0 radical (unpaired) electrons. The normalized spacial score (nSPS) is 27.7. The van der Waals surface area contributed by atoms with Crippen LogP contribution in [0.4, 0.5) is 0 Å². The Morgan fingerprint density at radius 2 is 1.33 bits per heavy atom. The van der Waals surface area contributed by atoms with E-state index in [-0.39, 0.29) is 11.0 Å². The van der Waals surface area contributed by atoms with Gasteiger partial charge in [0.25, 0.3) is 11.8 Å². The molecule has 4 atom stereocenters. The molecule has 2 aromatic rings. The number of carbonyl (C=O) groups excluding carboxylic acids is 4. The lowest BCUT2D eigenvalue weighted by Crippen LogP contribution is -2.41. The fourth-order valence-corrected chi connectivity index (χ4v) is 5.21. The first-order chi connectivity index (χ1) is 14.4. The highest BCUT2D eigenvalue weighted by Gasteiger charge is 2.68. The van der Waals surface area contributed by atoms with Crippen LogP contribution in [0.3, 0.4) is 0 Å². The maximum atomic E-state index is 13.4. The first-order valence-electron chi connectivity index (χ1n) is 9.55. The minimum atomic E-state index is -0.971. The molecule has 0 N–H and O–H groups in total. The van der Waals surface area contributed by atoms with Crippen LogP contribution in [0.5, 0.6) is 0 Å². The van der Waals surface area contributed by atoms with Gasteiger partial charge in [0.1, 0.15) is 6.04 Å². The standard InChI is InChI=1S/C22H17N3O4S/c1-23-19(27)14-15(20(23)28)17-21(29)25(18(26)13-10-6-3-7-11-13)22(30)24(17)16(14)12-8-4-2-5-9-12/h2-11,14-17H,1H3/t14-,15+,16-,17-/m0/s1. The topological polar surface area (TPSA) is 78.0 Å². The summed E-state index contributed by atoms with van der Waals surface area (Å²) in [6.07, 6.45) is 0. The second-order valence-electron chi connectivity index (χ2n) is 7.62. The number of rotatable bonds is 2. The highest BCUT2D eigenvalue weighted by molar-refractivity contribution is 7.80. The van der Waals surface area contributed by atoms with Crippen LogP contribution in [0, 0.1) is 11.8 Å². The third-order valence-electron chi connectivity index (χ3n) is 6.15. The van der Waals surface area contributed by atoms with Gasteiger partial charge in [-0.05, 0) is 29.9 Å². The van der Waals surface area contributed by atoms with Gasteiger partial charge >= 0.3 is 0 Å². The molecule has 0 aromatic heterocycles. The van der Waals surface area contributed by atoms with E-state index < -0.39 is 41.6 Å². The maximum absolute atomic E-state index is 13.4. The average Bonchev–Trinajstić information content (AvgIpc) is 3.33. The van der Waals surface area contributed by atoms with Crippen LogP contribution in [-0.2, 0) is 14.4 Å². The molecule has 4 amide bonds. The summed E-state index contributed by atoms with van der Waals surface area (Å²) in [4.78, 5) is 55.9. The van der Waals surface area contributed by atoms with Gasteiger partial charge in [-0.25, -0.2) is 4.90 Å². The molecule has 150 valence electrons. The number of hydrogen-bond acceptors (Lipinski definition) is 5. The number of thiocarbonyl (C=S) groups is 1. The molecular weight excluding hydrogens is 402 g/mol. The van der Waals surface area contributed by atoms with E-state index in [2.05, 4.69) is 0 Å². The van der Waals surface area contributed by atoms with Gasteiger partial charge in [0.05, 0.1) is 17.9 Å². The minimum Gasteiger partial charge on any atom is -0.328 e. The fraction of sp³-hybridized carbons (Fsp3) is 0.227. The Morgan fingerprint density at radius 3 is 1.93 bits per heavy atom. The molecule has 3 aliphatic rings. The van der Waals surface area contributed by atoms with Crippen LogP contribution in [0.1, 0.15) is 22.0 Å². The van der Waals surface area contributed by atoms with Crippen LogP contribution in [0.25, 0.3) is 0 Å². The number of amides is 4. The van der Waals surface area contributed by atoms with Gasteiger partial charge in [-0.1, -0.05) is 48.5 Å². The molecule has 3 heterocycles. The largest absolute Gasteiger partial charge is 0.328 e. The summed E-state index contributed by atoms with van der Waals surface area (Å²) in [5, 5.41) is 0.0327. The molecule has 0 aliphatic carbocycles. The summed E-state index contributed by atoms with van der Waals surface area (Å²) in [7, 11) is 1.43. The highest BCUT2D eigenvalue weighted by atomic mass is 32.1. The third-order valence-corrected chi connectivity index (χ3v) is 6.54. The number of imide groups is 2. The quantitative estimate of drug-likeness (QED) is 0.544. The van der Waals surface area contributed by atoms with Crippen LogP contribution in [-0.4, -0.2) is 56.5 Å². The zero-order chi connectivity index (χ0) is 21.2. The zero-order valence-corrected chi connectivity index (χ0v) is 16.8. The Bertz CT molecular complexity index is 1100. The summed E-state index contributed by atoms with van der Waals surface area (Å²) in [6, 6.07) is 16.0. The van der Waals surface area contributed by atoms with E-state index in [1.165, 1.54) is 7.05 Å². The summed E-state index contributed by atoms with van der Waals surface area (Å²) in [5.74, 6) is -3.42. The van der Waals surface area contributed by atoms with E-state index in [1.807, 2.05) is 30.3 Å². The van der Waals surface area contributed by atoms with Crippen LogP contribution in [0.15, 0.2) is 60.7 Å². The van der Waals surface area contributed by atoms with E-state index in [1.54, 1.807) is 35.2 Å². The minimum absolute atomic E-state index is 0.0327. The molecule has 8 heteroatoms. The van der Waals surface area contributed by atoms with Gasteiger partial charge in [-0.3, -0.25) is 24.1 Å². The number of hydrogen-bond donors (Lipinski definition) is 0. The van der Waals surface area contributed by atoms with Crippen molar-refractivity contribution in [2.75, 3.05) is 7.05 Å². The smallest absolute Gasteiger partial charge is 0.266 e. The fourth-order valence-electron chi connectivity index (χ4n) is 4.81. The van der Waals surface area contributed by atoms with Crippen molar-refractivity contribution in [3.05, 3.63) is 71.8 Å². The summed E-state index contributed by atoms with van der Waals surface area (Å²) < 4.78 is 0. The average molecular weight is 419 g/mol. The predicted octanol–water partition coefficient (Wildman–Crippen LogP) is 1.61. The lowest BCUT2D eigenvalue weighted by atomic mass is 9.86. The third kappa shape index (κ3) is 2.34. The van der Waals surface area contributed by atoms with Crippen molar-refractivity contribution in [2.45, 2.75) is 12.1 Å². The maximum Gasteiger partial charge on any atom is 0.266 e. The summed E-state index contributed by atoms with van der Waals surface area (Å²) in [5.41, 5.74) is 1.10. The number of nitrogens with zero attached hydrogens (tertiary/aromatic N) is 3. The zero-order valence-electron chi connectivity index (χ0n) is 16.0. The molecule has 2 aromatic carbocycles. The molecule has 5 rings (SSSR count). The first-order valence-corrected chi connectivity index (χ1v) is 9.96. The summed E-state index contributed by atoms with van der Waals surface area (Å²) >= 11 is 5.57. The van der Waals surface area contributed by atoms with Gasteiger partial charge in [0.2, 0.25) is 11.8 Å². The molecule has 0 spiro atoms. The van der Waals surface area contributed by atoms with E-state index in [0.717, 1.165) is 15.4 Å². The summed E-state index contributed by atoms with van der Waals surface area (Å²) in [6.45, 7) is 0. The first kappa shape index (κ1) is 18.6. The molecule has 0 unspecified atom stereocenters. The van der Waals surface area contributed by atoms with E-state index >= 15 is 0 Å². The molecular formula is C22H17N3O4S. The lowest BCUT2D eigenvalue weighted by molar-refractivity contribution is -0.141.